The fourth-order valence-electron chi connectivity index (χ4n) is 2.56. The van der Waals surface area contributed by atoms with Gasteiger partial charge in [0.2, 0.25) is 0 Å². The van der Waals surface area contributed by atoms with Gasteiger partial charge < -0.3 is 26.1 Å². The summed E-state index contributed by atoms with van der Waals surface area (Å²) < 4.78 is 5.07. The Morgan fingerprint density at radius 1 is 1.43 bits per heavy atom. The van der Waals surface area contributed by atoms with E-state index in [4.69, 9.17) is 10.2 Å². The molecule has 0 unspecified atom stereocenters. The zero-order valence-electron chi connectivity index (χ0n) is 12.4. The average Bonchev–Trinajstić information content (AvgIpc) is 3.16. The number of urea groups is 1. The quantitative estimate of drug-likeness (QED) is 0.685. The van der Waals surface area contributed by atoms with Crippen LogP contribution >= 0.6 is 11.3 Å². The molecular formula is C15H18N4O3S. The number of primary amides is 1. The largest absolute Gasteiger partial charge is 0.472 e. The van der Waals surface area contributed by atoms with Crippen molar-refractivity contribution < 1.29 is 14.0 Å². The molecule has 3 amide bonds. The Hall–Kier alpha value is -2.32. The zero-order chi connectivity index (χ0) is 16.2. The molecule has 2 aromatic heterocycles. The predicted octanol–water partition coefficient (Wildman–Crippen LogP) is 1.98. The number of nitrogens with two attached hydrogens (primary N) is 1. The van der Waals surface area contributed by atoms with Gasteiger partial charge in [0, 0.05) is 23.0 Å². The number of thiophene rings is 1. The Bertz CT molecular complexity index is 690. The van der Waals surface area contributed by atoms with Gasteiger partial charge in [0.15, 0.2) is 0 Å². The number of carbonyl (C=O) groups is 2. The second kappa shape index (κ2) is 6.84. The molecule has 8 heteroatoms. The molecule has 1 atom stereocenters. The number of carbonyl (C=O) groups excluding carboxylic acids is 2. The molecule has 0 saturated carbocycles. The van der Waals surface area contributed by atoms with Crippen molar-refractivity contribution in [3.05, 3.63) is 29.5 Å². The first-order chi connectivity index (χ1) is 11.1. The van der Waals surface area contributed by atoms with E-state index in [1.165, 1.54) is 11.3 Å². The summed E-state index contributed by atoms with van der Waals surface area (Å²) in [6, 6.07) is 2.92. The SMILES string of the molecule is NC(=O)Nc1cc(-c2ccoc2)sc1C(=O)N[C@H]1CCCNC1. The molecule has 0 spiro atoms. The van der Waals surface area contributed by atoms with Crippen LogP contribution in [0.5, 0.6) is 0 Å². The fraction of sp³-hybridized carbons (Fsp3) is 0.333. The molecule has 3 rings (SSSR count). The van der Waals surface area contributed by atoms with Crippen LogP contribution in [0.25, 0.3) is 10.4 Å². The average molecular weight is 334 g/mol. The Morgan fingerprint density at radius 3 is 2.96 bits per heavy atom. The van der Waals surface area contributed by atoms with Crippen LogP contribution in [-0.2, 0) is 0 Å². The van der Waals surface area contributed by atoms with Gasteiger partial charge in [-0.15, -0.1) is 11.3 Å². The summed E-state index contributed by atoms with van der Waals surface area (Å²) in [6.45, 7) is 1.73. The summed E-state index contributed by atoms with van der Waals surface area (Å²) in [5, 5.41) is 8.77. The molecule has 23 heavy (non-hydrogen) atoms. The maximum atomic E-state index is 12.6. The summed E-state index contributed by atoms with van der Waals surface area (Å²) in [5.41, 5.74) is 6.46. The van der Waals surface area contributed by atoms with Crippen molar-refractivity contribution >= 4 is 29.0 Å². The number of nitrogens with one attached hydrogen (secondary N) is 3. The number of piperidine rings is 1. The maximum absolute atomic E-state index is 12.6. The standard InChI is InChI=1S/C15H18N4O3S/c16-15(21)19-11-6-12(9-3-5-22-8-9)23-13(11)14(20)18-10-2-1-4-17-7-10/h3,5-6,8,10,17H,1-2,4,7H2,(H,18,20)(H3,16,19,21)/t10-/m0/s1. The van der Waals surface area contributed by atoms with Crippen molar-refractivity contribution in [2.75, 3.05) is 18.4 Å². The van der Waals surface area contributed by atoms with E-state index in [0.717, 1.165) is 36.4 Å². The Morgan fingerprint density at radius 2 is 2.30 bits per heavy atom. The highest BCUT2D eigenvalue weighted by molar-refractivity contribution is 7.18. The van der Waals surface area contributed by atoms with Crippen molar-refractivity contribution in [2.45, 2.75) is 18.9 Å². The third-order valence-electron chi connectivity index (χ3n) is 3.63. The molecular weight excluding hydrogens is 316 g/mol. The van der Waals surface area contributed by atoms with Gasteiger partial charge in [0.1, 0.15) is 4.88 Å². The van der Waals surface area contributed by atoms with Crippen molar-refractivity contribution in [2.24, 2.45) is 5.73 Å². The molecule has 1 fully saturated rings. The van der Waals surface area contributed by atoms with Gasteiger partial charge >= 0.3 is 6.03 Å². The van der Waals surface area contributed by atoms with E-state index in [9.17, 15) is 9.59 Å². The Labute approximate surface area is 137 Å². The van der Waals surface area contributed by atoms with Crippen molar-refractivity contribution in [1.82, 2.24) is 10.6 Å². The number of rotatable bonds is 4. The lowest BCUT2D eigenvalue weighted by molar-refractivity contribution is 0.0935. The van der Waals surface area contributed by atoms with Crippen molar-refractivity contribution in [3.63, 3.8) is 0 Å². The highest BCUT2D eigenvalue weighted by Crippen LogP contribution is 2.35. The van der Waals surface area contributed by atoms with Gasteiger partial charge in [0.25, 0.3) is 5.91 Å². The molecule has 2 aromatic rings. The number of furan rings is 1. The monoisotopic (exact) mass is 334 g/mol. The van der Waals surface area contributed by atoms with E-state index in [1.807, 2.05) is 0 Å². The van der Waals surface area contributed by atoms with Gasteiger partial charge in [-0.25, -0.2) is 4.79 Å². The van der Waals surface area contributed by atoms with Gasteiger partial charge in [-0.2, -0.15) is 0 Å². The first-order valence-electron chi connectivity index (χ1n) is 7.38. The zero-order valence-corrected chi connectivity index (χ0v) is 13.2. The maximum Gasteiger partial charge on any atom is 0.316 e. The minimum atomic E-state index is -0.699. The molecule has 0 radical (unpaired) electrons. The van der Waals surface area contributed by atoms with Crippen LogP contribution in [-0.4, -0.2) is 31.1 Å². The van der Waals surface area contributed by atoms with Gasteiger partial charge in [-0.3, -0.25) is 4.79 Å². The summed E-state index contributed by atoms with van der Waals surface area (Å²) >= 11 is 1.29. The number of anilines is 1. The minimum absolute atomic E-state index is 0.0946. The smallest absolute Gasteiger partial charge is 0.316 e. The number of amides is 3. The lowest BCUT2D eigenvalue weighted by atomic mass is 10.1. The van der Waals surface area contributed by atoms with E-state index in [1.54, 1.807) is 24.7 Å². The van der Waals surface area contributed by atoms with Gasteiger partial charge in [0.05, 0.1) is 18.2 Å². The van der Waals surface area contributed by atoms with Crippen LogP contribution in [0.4, 0.5) is 10.5 Å². The molecule has 5 N–H and O–H groups in total. The molecule has 1 saturated heterocycles. The topological polar surface area (TPSA) is 109 Å². The summed E-state index contributed by atoms with van der Waals surface area (Å²) in [7, 11) is 0. The van der Waals surface area contributed by atoms with Gasteiger partial charge in [-0.05, 0) is 31.5 Å². The van der Waals surface area contributed by atoms with Crippen LogP contribution in [0.3, 0.4) is 0 Å². The van der Waals surface area contributed by atoms with Gasteiger partial charge in [-0.1, -0.05) is 0 Å². The summed E-state index contributed by atoms with van der Waals surface area (Å²) in [5.74, 6) is -0.206. The predicted molar refractivity (Wildman–Crippen MR) is 88.6 cm³/mol. The summed E-state index contributed by atoms with van der Waals surface area (Å²) in [6.07, 6.45) is 5.12. The second-order valence-corrected chi connectivity index (χ2v) is 6.42. The Balaban J connectivity index is 1.83. The normalized spacial score (nSPS) is 17.7. The lowest BCUT2D eigenvalue weighted by Gasteiger charge is -2.23. The van der Waals surface area contributed by atoms with Crippen LogP contribution < -0.4 is 21.7 Å². The van der Waals surface area contributed by atoms with E-state index in [2.05, 4.69) is 16.0 Å². The molecule has 7 nitrogen and oxygen atoms in total. The fourth-order valence-corrected chi connectivity index (χ4v) is 3.56. The molecule has 3 heterocycles. The minimum Gasteiger partial charge on any atom is -0.472 e. The van der Waals surface area contributed by atoms with E-state index >= 15 is 0 Å². The van der Waals surface area contributed by atoms with Crippen LogP contribution in [0, 0.1) is 0 Å². The highest BCUT2D eigenvalue weighted by Gasteiger charge is 2.22. The number of hydrogen-bond donors (Lipinski definition) is 4. The molecule has 0 aromatic carbocycles. The van der Waals surface area contributed by atoms with E-state index < -0.39 is 6.03 Å². The first-order valence-corrected chi connectivity index (χ1v) is 8.19. The molecule has 0 aliphatic carbocycles. The first kappa shape index (κ1) is 15.6. The van der Waals surface area contributed by atoms with Crippen molar-refractivity contribution in [1.29, 1.82) is 0 Å². The summed E-state index contributed by atoms with van der Waals surface area (Å²) in [4.78, 5) is 25.0. The van der Waals surface area contributed by atoms with E-state index in [0.29, 0.717) is 10.6 Å². The van der Waals surface area contributed by atoms with E-state index in [-0.39, 0.29) is 11.9 Å². The van der Waals surface area contributed by atoms with Crippen LogP contribution in [0.2, 0.25) is 0 Å². The third kappa shape index (κ3) is 3.72. The van der Waals surface area contributed by atoms with Crippen LogP contribution in [0.1, 0.15) is 22.5 Å². The number of hydrogen-bond acceptors (Lipinski definition) is 5. The Kier molecular flexibility index (Phi) is 4.63. The lowest BCUT2D eigenvalue weighted by Crippen LogP contribution is -2.45. The third-order valence-corrected chi connectivity index (χ3v) is 4.82. The van der Waals surface area contributed by atoms with Crippen LogP contribution in [0.15, 0.2) is 29.1 Å². The highest BCUT2D eigenvalue weighted by atomic mass is 32.1. The second-order valence-electron chi connectivity index (χ2n) is 5.37. The molecule has 122 valence electrons. The molecule has 0 bridgehead atoms. The molecule has 1 aliphatic heterocycles. The van der Waals surface area contributed by atoms with Crippen molar-refractivity contribution in [3.8, 4) is 10.4 Å². The molecule has 1 aliphatic rings.